The van der Waals surface area contributed by atoms with Crippen LogP contribution in [0.1, 0.15) is 50.7 Å². The minimum atomic E-state index is -0.280. The summed E-state index contributed by atoms with van der Waals surface area (Å²) in [5.41, 5.74) is 11.8. The Hall–Kier alpha value is -1.16. The van der Waals surface area contributed by atoms with Crippen LogP contribution >= 0.6 is 15.9 Å². The standard InChI is InChI=1S/C21H27BrN2/c1-3-5-13-24-21(20(23)8-4-2)18-10-7-6-9-16(18)17-14-15(22)11-12-19(17)21/h6-7,9-12,14,20,24H,3-5,8,13,23H2,1-2H3. The van der Waals surface area contributed by atoms with E-state index < -0.39 is 0 Å². The van der Waals surface area contributed by atoms with Crippen molar-refractivity contribution in [3.8, 4) is 11.1 Å². The lowest BCUT2D eigenvalue weighted by atomic mass is 9.79. The molecule has 2 aromatic carbocycles. The van der Waals surface area contributed by atoms with Crippen molar-refractivity contribution in [2.45, 2.75) is 51.1 Å². The Kier molecular flexibility index (Phi) is 5.43. The highest BCUT2D eigenvalue weighted by Crippen LogP contribution is 2.50. The number of unbranched alkanes of at least 4 members (excludes halogenated alkanes) is 1. The van der Waals surface area contributed by atoms with Crippen LogP contribution in [0.4, 0.5) is 0 Å². The normalized spacial score (nSPS) is 19.8. The third kappa shape index (κ3) is 2.83. The van der Waals surface area contributed by atoms with Crippen molar-refractivity contribution in [3.63, 3.8) is 0 Å². The monoisotopic (exact) mass is 386 g/mol. The average Bonchev–Trinajstić information content (AvgIpc) is 2.86. The Bertz CT molecular complexity index is 713. The van der Waals surface area contributed by atoms with Crippen molar-refractivity contribution in [1.29, 1.82) is 0 Å². The highest BCUT2D eigenvalue weighted by Gasteiger charge is 2.46. The first kappa shape index (κ1) is 17.7. The molecule has 2 unspecified atom stereocenters. The molecule has 1 aliphatic rings. The van der Waals surface area contributed by atoms with Gasteiger partial charge in [0.25, 0.3) is 0 Å². The van der Waals surface area contributed by atoms with Gasteiger partial charge < -0.3 is 11.1 Å². The van der Waals surface area contributed by atoms with Gasteiger partial charge in [-0.25, -0.2) is 0 Å². The molecule has 0 spiro atoms. The van der Waals surface area contributed by atoms with Crippen LogP contribution in [0.15, 0.2) is 46.9 Å². The second-order valence-corrected chi connectivity index (χ2v) is 7.63. The largest absolute Gasteiger partial charge is 0.326 e. The molecule has 0 radical (unpaired) electrons. The molecule has 3 rings (SSSR count). The van der Waals surface area contributed by atoms with Crippen molar-refractivity contribution in [1.82, 2.24) is 5.32 Å². The van der Waals surface area contributed by atoms with E-state index in [1.165, 1.54) is 28.7 Å². The molecule has 1 aliphatic carbocycles. The van der Waals surface area contributed by atoms with E-state index in [0.29, 0.717) is 0 Å². The molecule has 3 heteroatoms. The van der Waals surface area contributed by atoms with E-state index in [2.05, 4.69) is 77.6 Å². The van der Waals surface area contributed by atoms with Crippen LogP contribution in [0.25, 0.3) is 11.1 Å². The Morgan fingerprint density at radius 3 is 2.54 bits per heavy atom. The number of hydrogen-bond donors (Lipinski definition) is 2. The topological polar surface area (TPSA) is 38.0 Å². The Morgan fingerprint density at radius 2 is 1.79 bits per heavy atom. The molecule has 0 aromatic heterocycles. The highest BCUT2D eigenvalue weighted by atomic mass is 79.9. The first-order chi connectivity index (χ1) is 11.6. The van der Waals surface area contributed by atoms with Gasteiger partial charge in [0, 0.05) is 10.5 Å². The summed E-state index contributed by atoms with van der Waals surface area (Å²) in [7, 11) is 0. The molecule has 0 saturated heterocycles. The minimum absolute atomic E-state index is 0.0583. The second-order valence-electron chi connectivity index (χ2n) is 6.72. The quantitative estimate of drug-likeness (QED) is 0.642. The molecule has 0 saturated carbocycles. The summed E-state index contributed by atoms with van der Waals surface area (Å²) in [5.74, 6) is 0. The number of benzene rings is 2. The fourth-order valence-electron chi connectivity index (χ4n) is 4.00. The van der Waals surface area contributed by atoms with Crippen molar-refractivity contribution < 1.29 is 0 Å². The zero-order valence-corrected chi connectivity index (χ0v) is 16.2. The molecule has 24 heavy (non-hydrogen) atoms. The fourth-order valence-corrected chi connectivity index (χ4v) is 4.36. The lowest BCUT2D eigenvalue weighted by Crippen LogP contribution is -2.55. The number of nitrogens with two attached hydrogens (primary N) is 1. The number of fused-ring (bicyclic) bond motifs is 3. The summed E-state index contributed by atoms with van der Waals surface area (Å²) in [4.78, 5) is 0. The van der Waals surface area contributed by atoms with E-state index >= 15 is 0 Å². The first-order valence-corrected chi connectivity index (χ1v) is 9.85. The summed E-state index contributed by atoms with van der Waals surface area (Å²) in [5, 5.41) is 3.87. The van der Waals surface area contributed by atoms with E-state index in [0.717, 1.165) is 30.3 Å². The third-order valence-electron chi connectivity index (χ3n) is 5.14. The number of nitrogens with one attached hydrogen (secondary N) is 1. The number of rotatable bonds is 7. The van der Waals surface area contributed by atoms with Gasteiger partial charge in [0.15, 0.2) is 0 Å². The third-order valence-corrected chi connectivity index (χ3v) is 5.63. The van der Waals surface area contributed by atoms with Crippen molar-refractivity contribution in [3.05, 3.63) is 58.1 Å². The number of halogens is 1. The van der Waals surface area contributed by atoms with Crippen molar-refractivity contribution in [2.24, 2.45) is 5.73 Å². The van der Waals surface area contributed by atoms with Crippen molar-refractivity contribution in [2.75, 3.05) is 6.54 Å². The molecule has 0 fully saturated rings. The average molecular weight is 387 g/mol. The number of hydrogen-bond acceptors (Lipinski definition) is 2. The van der Waals surface area contributed by atoms with E-state index in [1.807, 2.05) is 0 Å². The van der Waals surface area contributed by atoms with Gasteiger partial charge in [-0.15, -0.1) is 0 Å². The minimum Gasteiger partial charge on any atom is -0.326 e. The predicted molar refractivity (Wildman–Crippen MR) is 106 cm³/mol. The molecule has 0 heterocycles. The lowest BCUT2D eigenvalue weighted by Gasteiger charge is -2.39. The summed E-state index contributed by atoms with van der Waals surface area (Å²) in [6.45, 7) is 5.43. The van der Waals surface area contributed by atoms with E-state index in [-0.39, 0.29) is 11.6 Å². The molecule has 2 aromatic rings. The maximum absolute atomic E-state index is 6.80. The van der Waals surface area contributed by atoms with Crippen LogP contribution in [-0.4, -0.2) is 12.6 Å². The summed E-state index contributed by atoms with van der Waals surface area (Å²) >= 11 is 3.63. The smallest absolute Gasteiger partial charge is 0.0856 e. The van der Waals surface area contributed by atoms with Gasteiger partial charge in [-0.1, -0.05) is 73.0 Å². The van der Waals surface area contributed by atoms with Crippen LogP contribution < -0.4 is 11.1 Å². The van der Waals surface area contributed by atoms with E-state index in [9.17, 15) is 0 Å². The molecular weight excluding hydrogens is 360 g/mol. The highest BCUT2D eigenvalue weighted by molar-refractivity contribution is 9.10. The maximum atomic E-state index is 6.80. The van der Waals surface area contributed by atoms with Crippen LogP contribution in [0.5, 0.6) is 0 Å². The summed E-state index contributed by atoms with van der Waals surface area (Å²) in [6.07, 6.45) is 4.44. The molecule has 2 nitrogen and oxygen atoms in total. The Morgan fingerprint density at radius 1 is 1.04 bits per heavy atom. The van der Waals surface area contributed by atoms with Gasteiger partial charge in [0.05, 0.1) is 5.54 Å². The van der Waals surface area contributed by atoms with Gasteiger partial charge in [0.1, 0.15) is 0 Å². The molecule has 0 aliphatic heterocycles. The molecule has 0 bridgehead atoms. The van der Waals surface area contributed by atoms with Gasteiger partial charge in [-0.3, -0.25) is 0 Å². The van der Waals surface area contributed by atoms with Gasteiger partial charge >= 0.3 is 0 Å². The molecular formula is C21H27BrN2. The van der Waals surface area contributed by atoms with Crippen LogP contribution in [0.2, 0.25) is 0 Å². The van der Waals surface area contributed by atoms with E-state index in [4.69, 9.17) is 5.73 Å². The summed E-state index contributed by atoms with van der Waals surface area (Å²) in [6, 6.07) is 15.4. The molecule has 0 amide bonds. The zero-order chi connectivity index (χ0) is 17.2. The second kappa shape index (κ2) is 7.38. The van der Waals surface area contributed by atoms with Gasteiger partial charge in [-0.05, 0) is 53.8 Å². The van der Waals surface area contributed by atoms with Crippen LogP contribution in [0.3, 0.4) is 0 Å². The predicted octanol–water partition coefficient (Wildman–Crippen LogP) is 5.19. The van der Waals surface area contributed by atoms with Crippen LogP contribution in [0, 0.1) is 0 Å². The van der Waals surface area contributed by atoms with Gasteiger partial charge in [-0.2, -0.15) is 0 Å². The molecule has 128 valence electrons. The zero-order valence-electron chi connectivity index (χ0n) is 14.6. The maximum Gasteiger partial charge on any atom is 0.0856 e. The van der Waals surface area contributed by atoms with E-state index in [1.54, 1.807) is 0 Å². The van der Waals surface area contributed by atoms with Crippen LogP contribution in [-0.2, 0) is 5.54 Å². The first-order valence-electron chi connectivity index (χ1n) is 9.05. The lowest BCUT2D eigenvalue weighted by molar-refractivity contribution is 0.317. The fraction of sp³-hybridized carbons (Fsp3) is 0.429. The summed E-state index contributed by atoms with van der Waals surface area (Å²) < 4.78 is 1.12. The Balaban J connectivity index is 2.19. The Labute approximate surface area is 154 Å². The SMILES string of the molecule is CCCCNC1(C(N)CCC)c2ccccc2-c2cc(Br)ccc21. The molecule has 2 atom stereocenters. The van der Waals surface area contributed by atoms with Gasteiger partial charge in [0.2, 0.25) is 0 Å². The van der Waals surface area contributed by atoms with Crippen molar-refractivity contribution >= 4 is 15.9 Å². The molecule has 3 N–H and O–H groups in total.